The van der Waals surface area contributed by atoms with Gasteiger partial charge in [-0.05, 0) is 40.5 Å². The normalized spacial score (nSPS) is 18.0. The Morgan fingerprint density at radius 2 is 1.81 bits per heavy atom. The van der Waals surface area contributed by atoms with Crippen LogP contribution < -0.4 is 0 Å². The zero-order valence-electron chi connectivity index (χ0n) is 15.1. The van der Waals surface area contributed by atoms with Crippen LogP contribution in [-0.2, 0) is 35.0 Å². The van der Waals surface area contributed by atoms with Gasteiger partial charge in [0.2, 0.25) is 0 Å². The molecule has 7 heteroatoms. The van der Waals surface area contributed by atoms with Crippen LogP contribution in [0.25, 0.3) is 0 Å². The lowest BCUT2D eigenvalue weighted by atomic mass is 9.98. The molecule has 6 nitrogen and oxygen atoms in total. The molecule has 0 aliphatic carbocycles. The van der Waals surface area contributed by atoms with Crippen LogP contribution in [-0.4, -0.2) is 39.2 Å². The number of carbonyl (C=O) groups excluding carboxylic acids is 3. The highest BCUT2D eigenvalue weighted by molar-refractivity contribution is 8.23. The van der Waals surface area contributed by atoms with Crippen molar-refractivity contribution in [2.24, 2.45) is 0 Å². The van der Waals surface area contributed by atoms with Crippen LogP contribution in [0.15, 0.2) is 45.6 Å². The predicted octanol–water partition coefficient (Wildman–Crippen LogP) is 2.62. The standard InChI is InChI=1S/C19H22O6S/c1-12(18(21)24-3)13-7-8-15(14(10-13)11-17(20)23-2)26-9-5-6-16(26)19(22)25-4/h5-10,12,26H,11H2,1-4H3. The third-order valence-electron chi connectivity index (χ3n) is 4.12. The summed E-state index contributed by atoms with van der Waals surface area (Å²) in [5.41, 5.74) is 1.46. The molecule has 0 aromatic heterocycles. The Hall–Kier alpha value is -2.54. The number of carbonyl (C=O) groups is 3. The Morgan fingerprint density at radius 3 is 2.42 bits per heavy atom. The van der Waals surface area contributed by atoms with Gasteiger partial charge < -0.3 is 14.2 Å². The molecule has 0 spiro atoms. The first-order valence-corrected chi connectivity index (χ1v) is 9.37. The van der Waals surface area contributed by atoms with Gasteiger partial charge in [0.25, 0.3) is 0 Å². The minimum Gasteiger partial charge on any atom is -0.469 e. The molecule has 0 amide bonds. The molecule has 0 fully saturated rings. The Balaban J connectivity index is 2.46. The maximum Gasteiger partial charge on any atom is 0.343 e. The first-order valence-electron chi connectivity index (χ1n) is 7.96. The first-order chi connectivity index (χ1) is 12.4. The lowest BCUT2D eigenvalue weighted by molar-refractivity contribution is -0.142. The summed E-state index contributed by atoms with van der Waals surface area (Å²) in [5, 5.41) is 1.93. The summed E-state index contributed by atoms with van der Waals surface area (Å²) in [6.45, 7) is 1.74. The first kappa shape index (κ1) is 19.8. The van der Waals surface area contributed by atoms with Crippen molar-refractivity contribution in [1.82, 2.24) is 0 Å². The molecule has 0 N–H and O–H groups in total. The minimum absolute atomic E-state index is 0.0503. The average Bonchev–Trinajstić information content (AvgIpc) is 3.15. The SMILES string of the molecule is COC(=O)Cc1cc(C(C)C(=O)OC)ccc1[SH]1C=CC=C1C(=O)OC. The van der Waals surface area contributed by atoms with E-state index in [1.54, 1.807) is 19.1 Å². The zero-order valence-corrected chi connectivity index (χ0v) is 16.0. The minimum atomic E-state index is -1.07. The van der Waals surface area contributed by atoms with Crippen molar-refractivity contribution >= 4 is 28.8 Å². The maximum atomic E-state index is 12.0. The van der Waals surface area contributed by atoms with Crippen molar-refractivity contribution in [3.63, 3.8) is 0 Å². The van der Waals surface area contributed by atoms with E-state index >= 15 is 0 Å². The lowest BCUT2D eigenvalue weighted by Gasteiger charge is -2.22. The number of hydrogen-bond acceptors (Lipinski definition) is 6. The summed E-state index contributed by atoms with van der Waals surface area (Å²) in [6.07, 6.45) is 3.59. The second-order valence-corrected chi connectivity index (χ2v) is 7.64. The number of ether oxygens (including phenoxy) is 3. The van der Waals surface area contributed by atoms with E-state index in [1.807, 2.05) is 23.6 Å². The van der Waals surface area contributed by atoms with Gasteiger partial charge in [-0.25, -0.2) is 4.79 Å². The highest BCUT2D eigenvalue weighted by Crippen LogP contribution is 2.50. The Labute approximate surface area is 155 Å². The van der Waals surface area contributed by atoms with E-state index in [1.165, 1.54) is 21.3 Å². The molecule has 1 heterocycles. The van der Waals surface area contributed by atoms with E-state index in [4.69, 9.17) is 14.2 Å². The smallest absolute Gasteiger partial charge is 0.343 e. The largest absolute Gasteiger partial charge is 0.469 e. The summed E-state index contributed by atoms with van der Waals surface area (Å²) in [5.74, 6) is -1.61. The number of thiol groups is 1. The molecule has 0 saturated heterocycles. The van der Waals surface area contributed by atoms with E-state index in [0.717, 1.165) is 16.0 Å². The fraction of sp³-hybridized carbons (Fsp3) is 0.316. The molecule has 2 unspecified atom stereocenters. The summed E-state index contributed by atoms with van der Waals surface area (Å²) < 4.78 is 14.4. The molecular formula is C19H22O6S. The van der Waals surface area contributed by atoms with Gasteiger partial charge in [-0.2, -0.15) is 10.9 Å². The quantitative estimate of drug-likeness (QED) is 0.466. The van der Waals surface area contributed by atoms with Gasteiger partial charge in [0.1, 0.15) is 0 Å². The Morgan fingerprint density at radius 1 is 1.08 bits per heavy atom. The van der Waals surface area contributed by atoms with Crippen LogP contribution in [0.4, 0.5) is 0 Å². The number of hydrogen-bond donors (Lipinski definition) is 1. The van der Waals surface area contributed by atoms with Gasteiger partial charge >= 0.3 is 17.9 Å². The van der Waals surface area contributed by atoms with Crippen LogP contribution in [0, 0.1) is 0 Å². The molecule has 0 radical (unpaired) electrons. The van der Waals surface area contributed by atoms with Crippen molar-refractivity contribution in [1.29, 1.82) is 0 Å². The molecule has 2 atom stereocenters. The van der Waals surface area contributed by atoms with Crippen molar-refractivity contribution in [2.75, 3.05) is 21.3 Å². The molecule has 2 rings (SSSR count). The van der Waals surface area contributed by atoms with Crippen LogP contribution in [0.2, 0.25) is 0 Å². The highest BCUT2D eigenvalue weighted by atomic mass is 32.2. The van der Waals surface area contributed by atoms with Gasteiger partial charge in [-0.1, -0.05) is 18.2 Å². The lowest BCUT2D eigenvalue weighted by Crippen LogP contribution is -2.13. The number of esters is 3. The molecule has 0 bridgehead atoms. The van der Waals surface area contributed by atoms with Crippen molar-refractivity contribution in [3.8, 4) is 0 Å². The number of allylic oxidation sites excluding steroid dienone is 2. The monoisotopic (exact) mass is 378 g/mol. The van der Waals surface area contributed by atoms with Crippen molar-refractivity contribution in [3.05, 3.63) is 51.8 Å². The molecule has 0 saturated carbocycles. The second-order valence-electron chi connectivity index (χ2n) is 5.64. The van der Waals surface area contributed by atoms with Gasteiger partial charge in [0.05, 0.1) is 38.6 Å². The fourth-order valence-electron chi connectivity index (χ4n) is 2.65. The van der Waals surface area contributed by atoms with Crippen LogP contribution >= 0.6 is 10.9 Å². The van der Waals surface area contributed by atoms with Gasteiger partial charge in [0, 0.05) is 0 Å². The van der Waals surface area contributed by atoms with E-state index in [0.29, 0.717) is 4.91 Å². The van der Waals surface area contributed by atoms with Crippen LogP contribution in [0.5, 0.6) is 0 Å². The van der Waals surface area contributed by atoms with Crippen LogP contribution in [0.3, 0.4) is 0 Å². The third kappa shape index (κ3) is 4.16. The van der Waals surface area contributed by atoms with Gasteiger partial charge in [-0.15, -0.1) is 0 Å². The summed E-state index contributed by atoms with van der Waals surface area (Å²) >= 11 is 0. The van der Waals surface area contributed by atoms with E-state index in [2.05, 4.69) is 0 Å². The van der Waals surface area contributed by atoms with Crippen molar-refractivity contribution < 1.29 is 28.6 Å². The predicted molar refractivity (Wildman–Crippen MR) is 99.1 cm³/mol. The molecule has 140 valence electrons. The average molecular weight is 378 g/mol. The molecule has 26 heavy (non-hydrogen) atoms. The Kier molecular flexibility index (Phi) is 6.63. The Bertz CT molecular complexity index is 780. The van der Waals surface area contributed by atoms with E-state index in [-0.39, 0.29) is 12.4 Å². The molecule has 1 aliphatic heterocycles. The van der Waals surface area contributed by atoms with E-state index < -0.39 is 28.8 Å². The third-order valence-corrected chi connectivity index (χ3v) is 6.40. The summed E-state index contributed by atoms with van der Waals surface area (Å²) in [7, 11) is 2.92. The molecule has 1 aromatic rings. The van der Waals surface area contributed by atoms with Gasteiger partial charge in [0.15, 0.2) is 0 Å². The summed E-state index contributed by atoms with van der Waals surface area (Å²) in [4.78, 5) is 37.1. The number of rotatable bonds is 6. The zero-order chi connectivity index (χ0) is 19.3. The topological polar surface area (TPSA) is 78.9 Å². The maximum absolute atomic E-state index is 12.0. The van der Waals surface area contributed by atoms with Gasteiger partial charge in [-0.3, -0.25) is 9.59 Å². The molecule has 1 aliphatic rings. The van der Waals surface area contributed by atoms with Crippen molar-refractivity contribution in [2.45, 2.75) is 24.2 Å². The second kappa shape index (κ2) is 8.71. The molecular weight excluding hydrogens is 356 g/mol. The number of methoxy groups -OCH3 is 3. The summed E-state index contributed by atoms with van der Waals surface area (Å²) in [6, 6.07) is 5.48. The molecule has 1 aromatic carbocycles. The highest BCUT2D eigenvalue weighted by Gasteiger charge is 2.25. The fourth-order valence-corrected chi connectivity index (χ4v) is 4.72. The van der Waals surface area contributed by atoms with Crippen LogP contribution in [0.1, 0.15) is 24.0 Å². The number of benzene rings is 1. The van der Waals surface area contributed by atoms with E-state index in [9.17, 15) is 14.4 Å².